The summed E-state index contributed by atoms with van der Waals surface area (Å²) < 4.78 is 5.47. The Kier molecular flexibility index (Phi) is 5.71. The fourth-order valence-corrected chi connectivity index (χ4v) is 5.57. The van der Waals surface area contributed by atoms with Gasteiger partial charge in [0.25, 0.3) is 0 Å². The number of methoxy groups -OCH3 is 1. The molecule has 1 fully saturated rings. The van der Waals surface area contributed by atoms with Gasteiger partial charge >= 0.3 is 0 Å². The average molecular weight is 477 g/mol. The summed E-state index contributed by atoms with van der Waals surface area (Å²) in [6, 6.07) is 12.5. The summed E-state index contributed by atoms with van der Waals surface area (Å²) in [7, 11) is 1.63. The predicted octanol–water partition coefficient (Wildman–Crippen LogP) is 2.96. The van der Waals surface area contributed by atoms with E-state index >= 15 is 0 Å². The van der Waals surface area contributed by atoms with Crippen molar-refractivity contribution in [3.63, 3.8) is 0 Å². The highest BCUT2D eigenvalue weighted by atomic mass is 16.5. The Morgan fingerprint density at radius 2 is 2.03 bits per heavy atom. The van der Waals surface area contributed by atoms with Crippen LogP contribution in [0.1, 0.15) is 43.6 Å². The van der Waals surface area contributed by atoms with E-state index in [1.165, 1.54) is 0 Å². The van der Waals surface area contributed by atoms with Crippen LogP contribution in [0.4, 0.5) is 0 Å². The number of carbonyl (C=O) groups is 2. The first-order valence-electron chi connectivity index (χ1n) is 12.1. The van der Waals surface area contributed by atoms with E-state index in [4.69, 9.17) is 4.74 Å². The molecule has 0 radical (unpaired) electrons. The normalized spacial score (nSPS) is 22.0. The van der Waals surface area contributed by atoms with Gasteiger partial charge in [0, 0.05) is 42.1 Å². The quantitative estimate of drug-likeness (QED) is 0.508. The van der Waals surface area contributed by atoms with E-state index in [-0.39, 0.29) is 24.1 Å². The Morgan fingerprint density at radius 1 is 1.23 bits per heavy atom. The highest BCUT2D eigenvalue weighted by Gasteiger charge is 2.55. The molecule has 8 heteroatoms. The Balaban J connectivity index is 1.66. The number of carbonyl (C=O) groups excluding carboxylic acids is 2. The smallest absolute Gasteiger partial charge is 0.249 e. The number of hydrogen-bond acceptors (Lipinski definition) is 5. The van der Waals surface area contributed by atoms with Crippen molar-refractivity contribution in [3.8, 4) is 11.5 Å². The van der Waals surface area contributed by atoms with Gasteiger partial charge in [-0.2, -0.15) is 0 Å². The second-order valence-electron chi connectivity index (χ2n) is 9.98. The van der Waals surface area contributed by atoms with Crippen LogP contribution in [0.25, 0.3) is 10.9 Å². The largest absolute Gasteiger partial charge is 0.508 e. The number of H-pyrrole nitrogens is 1. The number of phenols is 1. The van der Waals surface area contributed by atoms with Gasteiger partial charge in [-0.15, -0.1) is 0 Å². The zero-order valence-electron chi connectivity index (χ0n) is 20.6. The zero-order valence-corrected chi connectivity index (χ0v) is 20.6. The van der Waals surface area contributed by atoms with Crippen molar-refractivity contribution in [2.75, 3.05) is 26.7 Å². The molecule has 2 aromatic carbocycles. The lowest BCUT2D eigenvalue weighted by Gasteiger charge is -2.53. The second-order valence-corrected chi connectivity index (χ2v) is 9.98. The van der Waals surface area contributed by atoms with Gasteiger partial charge < -0.3 is 29.9 Å². The van der Waals surface area contributed by atoms with Gasteiger partial charge in [0.1, 0.15) is 17.0 Å². The summed E-state index contributed by atoms with van der Waals surface area (Å²) in [5.74, 6) is 0.682. The molecule has 5 rings (SSSR count). The molecule has 35 heavy (non-hydrogen) atoms. The number of aromatic hydroxyl groups is 1. The minimum Gasteiger partial charge on any atom is -0.508 e. The number of ether oxygens (including phenoxy) is 1. The molecule has 1 aromatic heterocycles. The van der Waals surface area contributed by atoms with Gasteiger partial charge in [-0.05, 0) is 48.4 Å². The van der Waals surface area contributed by atoms with E-state index in [2.05, 4.69) is 24.1 Å². The number of rotatable bonds is 6. The molecule has 184 valence electrons. The molecule has 0 bridgehead atoms. The summed E-state index contributed by atoms with van der Waals surface area (Å²) in [5, 5.41) is 14.6. The van der Waals surface area contributed by atoms with Crippen LogP contribution in [0.3, 0.4) is 0 Å². The van der Waals surface area contributed by atoms with E-state index in [0.29, 0.717) is 25.6 Å². The molecule has 0 aliphatic carbocycles. The number of piperazine rings is 1. The predicted molar refractivity (Wildman–Crippen MR) is 133 cm³/mol. The monoisotopic (exact) mass is 476 g/mol. The molecule has 0 spiro atoms. The maximum absolute atomic E-state index is 14.0. The molecule has 3 aromatic rings. The van der Waals surface area contributed by atoms with Crippen LogP contribution < -0.4 is 10.1 Å². The molecule has 2 aliphatic rings. The summed E-state index contributed by atoms with van der Waals surface area (Å²) in [5.41, 5.74) is 2.48. The van der Waals surface area contributed by atoms with Crippen molar-refractivity contribution in [2.45, 2.75) is 44.8 Å². The lowest BCUT2D eigenvalue weighted by Crippen LogP contribution is -2.70. The molecule has 3 N–H and O–H groups in total. The number of aromatic amines is 1. The molecule has 8 nitrogen and oxygen atoms in total. The first-order chi connectivity index (χ1) is 16.7. The summed E-state index contributed by atoms with van der Waals surface area (Å²) in [6.07, 6.45) is 0.392. The maximum atomic E-state index is 14.0. The van der Waals surface area contributed by atoms with Crippen LogP contribution in [0, 0.1) is 0 Å². The third-order valence-electron chi connectivity index (χ3n) is 7.19. The molecule has 2 atom stereocenters. The molecule has 2 aliphatic heterocycles. The van der Waals surface area contributed by atoms with E-state index < -0.39 is 11.6 Å². The highest BCUT2D eigenvalue weighted by molar-refractivity contribution is 6.00. The van der Waals surface area contributed by atoms with Crippen LogP contribution >= 0.6 is 0 Å². The lowest BCUT2D eigenvalue weighted by molar-refractivity contribution is -0.167. The Bertz CT molecular complexity index is 1300. The van der Waals surface area contributed by atoms with Crippen LogP contribution in [0.15, 0.2) is 42.5 Å². The standard InChI is InChI=1S/C27H32N4O4/c1-16(2)28-10-11-30-15-23(33)31-25(17-6-5-7-18(32)12-17)24-21(14-27(31,3)26(30)34)20-13-19(35-4)8-9-22(20)29-24/h5-9,12-13,16,25,28-29,32H,10-11,14-15H2,1-4H3/t25-,27-/m1/s1. The van der Waals surface area contributed by atoms with Crippen molar-refractivity contribution in [1.82, 2.24) is 20.1 Å². The summed E-state index contributed by atoms with van der Waals surface area (Å²) >= 11 is 0. The number of phenolic OH excluding ortho intramolecular Hbond substituents is 1. The minimum absolute atomic E-state index is 0.0346. The number of nitrogens with one attached hydrogen (secondary N) is 2. The van der Waals surface area contributed by atoms with E-state index in [1.54, 1.807) is 35.1 Å². The van der Waals surface area contributed by atoms with Crippen LogP contribution in [0.5, 0.6) is 11.5 Å². The third-order valence-corrected chi connectivity index (χ3v) is 7.19. The fourth-order valence-electron chi connectivity index (χ4n) is 5.57. The van der Waals surface area contributed by atoms with Gasteiger partial charge in [0.05, 0.1) is 19.7 Å². The number of aromatic nitrogens is 1. The Morgan fingerprint density at radius 3 is 2.74 bits per heavy atom. The number of hydrogen-bond donors (Lipinski definition) is 3. The SMILES string of the molecule is COc1ccc2[nH]c3c(c2c1)C[C@]1(C)C(=O)N(CCNC(C)C)CC(=O)N1[C@@H]3c1cccc(O)c1. The molecule has 1 saturated heterocycles. The molecule has 2 amide bonds. The van der Waals surface area contributed by atoms with Gasteiger partial charge in [-0.25, -0.2) is 0 Å². The van der Waals surface area contributed by atoms with Gasteiger partial charge in [0.15, 0.2) is 0 Å². The van der Waals surface area contributed by atoms with Crippen LogP contribution in [0.2, 0.25) is 0 Å². The van der Waals surface area contributed by atoms with Crippen molar-refractivity contribution >= 4 is 22.7 Å². The van der Waals surface area contributed by atoms with E-state index in [1.807, 2.05) is 31.2 Å². The molecular formula is C27H32N4O4. The number of nitrogens with zero attached hydrogens (tertiary/aromatic N) is 2. The zero-order chi connectivity index (χ0) is 24.9. The average Bonchev–Trinajstić information content (AvgIpc) is 3.17. The van der Waals surface area contributed by atoms with Crippen molar-refractivity contribution in [1.29, 1.82) is 0 Å². The van der Waals surface area contributed by atoms with Crippen LogP contribution in [-0.2, 0) is 16.0 Å². The van der Waals surface area contributed by atoms with Crippen molar-refractivity contribution in [3.05, 3.63) is 59.3 Å². The second kappa shape index (κ2) is 8.61. The number of fused-ring (bicyclic) bond motifs is 4. The van der Waals surface area contributed by atoms with Gasteiger partial charge in [0.2, 0.25) is 11.8 Å². The molecule has 3 heterocycles. The van der Waals surface area contributed by atoms with E-state index in [9.17, 15) is 14.7 Å². The maximum Gasteiger partial charge on any atom is 0.249 e. The Hall–Kier alpha value is -3.52. The number of amides is 2. The summed E-state index contributed by atoms with van der Waals surface area (Å²) in [6.45, 7) is 7.11. The Labute approximate surface area is 204 Å². The molecule has 0 unspecified atom stereocenters. The van der Waals surface area contributed by atoms with Crippen molar-refractivity contribution < 1.29 is 19.4 Å². The highest BCUT2D eigenvalue weighted by Crippen LogP contribution is 2.47. The first kappa shape index (κ1) is 23.2. The van der Waals surface area contributed by atoms with E-state index in [0.717, 1.165) is 33.5 Å². The fraction of sp³-hybridized carbons (Fsp3) is 0.407. The van der Waals surface area contributed by atoms with Gasteiger partial charge in [-0.3, -0.25) is 9.59 Å². The van der Waals surface area contributed by atoms with Crippen LogP contribution in [-0.4, -0.2) is 70.0 Å². The minimum atomic E-state index is -1.06. The summed E-state index contributed by atoms with van der Waals surface area (Å²) in [4.78, 5) is 34.6. The first-order valence-corrected chi connectivity index (χ1v) is 12.1. The third kappa shape index (κ3) is 3.82. The molecule has 0 saturated carbocycles. The van der Waals surface area contributed by atoms with Gasteiger partial charge in [-0.1, -0.05) is 26.0 Å². The molecular weight excluding hydrogens is 444 g/mol. The lowest BCUT2D eigenvalue weighted by atomic mass is 9.78. The number of benzene rings is 2. The topological polar surface area (TPSA) is 97.9 Å². The van der Waals surface area contributed by atoms with Crippen molar-refractivity contribution in [2.24, 2.45) is 0 Å².